The maximum atomic E-state index is 13.2. The molecule has 1 saturated carbocycles. The molecule has 1 heterocycles. The lowest BCUT2D eigenvalue weighted by Crippen LogP contribution is -2.31. The summed E-state index contributed by atoms with van der Waals surface area (Å²) in [5.41, 5.74) is 1.52. The van der Waals surface area contributed by atoms with Gasteiger partial charge in [0.2, 0.25) is 5.91 Å². The van der Waals surface area contributed by atoms with Crippen LogP contribution in [-0.2, 0) is 11.3 Å². The number of nitrogens with one attached hydrogen (secondary N) is 1. The number of thioether (sulfide) groups is 1. The average molecular weight is 408 g/mol. The smallest absolute Gasteiger partial charge is 0.262 e. The number of rotatable bonds is 7. The van der Waals surface area contributed by atoms with Crippen LogP contribution in [0.15, 0.2) is 64.5 Å². The summed E-state index contributed by atoms with van der Waals surface area (Å²) < 4.78 is 1.72. The van der Waals surface area contributed by atoms with Gasteiger partial charge < -0.3 is 5.32 Å². The van der Waals surface area contributed by atoms with Gasteiger partial charge in [-0.15, -0.1) is 0 Å². The maximum absolute atomic E-state index is 13.2. The van der Waals surface area contributed by atoms with Crippen molar-refractivity contribution < 1.29 is 4.79 Å². The summed E-state index contributed by atoms with van der Waals surface area (Å²) in [7, 11) is 0. The number of amides is 1. The molecular weight excluding hydrogens is 382 g/mol. The van der Waals surface area contributed by atoms with E-state index in [0.717, 1.165) is 18.4 Å². The molecule has 2 aromatic carbocycles. The van der Waals surface area contributed by atoms with E-state index < -0.39 is 5.25 Å². The highest BCUT2D eigenvalue weighted by atomic mass is 32.2. The fourth-order valence-electron chi connectivity index (χ4n) is 3.27. The molecule has 5 nitrogen and oxygen atoms in total. The molecule has 1 aliphatic carbocycles. The maximum Gasteiger partial charge on any atom is 0.262 e. The molecule has 0 spiro atoms. The molecule has 1 aromatic heterocycles. The quantitative estimate of drug-likeness (QED) is 0.472. The first-order chi connectivity index (χ1) is 14.0. The van der Waals surface area contributed by atoms with Crippen molar-refractivity contribution in [1.29, 1.82) is 0 Å². The Labute approximate surface area is 174 Å². The number of carbonyl (C=O) groups is 1. The van der Waals surface area contributed by atoms with Gasteiger partial charge in [-0.1, -0.05) is 68.1 Å². The van der Waals surface area contributed by atoms with Crippen molar-refractivity contribution in [3.05, 3.63) is 70.5 Å². The first kappa shape index (κ1) is 19.7. The number of fused-ring (bicyclic) bond motifs is 1. The highest BCUT2D eigenvalue weighted by molar-refractivity contribution is 8.00. The number of hydrogen-bond donors (Lipinski definition) is 1. The molecule has 1 aliphatic rings. The van der Waals surface area contributed by atoms with E-state index in [1.54, 1.807) is 4.57 Å². The zero-order valence-corrected chi connectivity index (χ0v) is 17.5. The molecule has 1 N–H and O–H groups in total. The van der Waals surface area contributed by atoms with Gasteiger partial charge in [0.15, 0.2) is 5.16 Å². The van der Waals surface area contributed by atoms with Crippen molar-refractivity contribution in [2.75, 3.05) is 0 Å². The van der Waals surface area contributed by atoms with Crippen LogP contribution in [0.5, 0.6) is 0 Å². The second-order valence-corrected chi connectivity index (χ2v) is 8.98. The topological polar surface area (TPSA) is 64.0 Å². The Kier molecular flexibility index (Phi) is 5.72. The summed E-state index contributed by atoms with van der Waals surface area (Å²) in [6, 6.07) is 17.4. The van der Waals surface area contributed by atoms with Gasteiger partial charge >= 0.3 is 0 Å². The minimum atomic E-state index is -0.455. The lowest BCUT2D eigenvalue weighted by molar-refractivity contribution is -0.120. The fraction of sp³-hybridized carbons (Fsp3) is 0.348. The minimum Gasteiger partial charge on any atom is -0.352 e. The Morgan fingerprint density at radius 3 is 2.52 bits per heavy atom. The Bertz CT molecular complexity index is 1070. The Morgan fingerprint density at radius 2 is 1.83 bits per heavy atom. The van der Waals surface area contributed by atoms with E-state index >= 15 is 0 Å². The third-order valence-electron chi connectivity index (χ3n) is 4.86. The molecule has 4 rings (SSSR count). The van der Waals surface area contributed by atoms with Gasteiger partial charge in [0, 0.05) is 12.6 Å². The molecule has 150 valence electrons. The SMILES string of the molecule is CC(C)Cn1c(S[C@@H](C(=O)NC2CC2)c2ccccc2)nc2ccccc2c1=O. The Morgan fingerprint density at radius 1 is 1.14 bits per heavy atom. The summed E-state index contributed by atoms with van der Waals surface area (Å²) in [5, 5.41) is 3.85. The molecule has 1 atom stereocenters. The van der Waals surface area contributed by atoms with Crippen LogP contribution in [0.1, 0.15) is 37.5 Å². The van der Waals surface area contributed by atoms with Gasteiger partial charge in [-0.2, -0.15) is 0 Å². The normalized spacial score (nSPS) is 14.9. The summed E-state index contributed by atoms with van der Waals surface area (Å²) in [6.45, 7) is 4.71. The second-order valence-electron chi connectivity index (χ2n) is 7.91. The summed E-state index contributed by atoms with van der Waals surface area (Å²) in [4.78, 5) is 31.0. The van der Waals surface area contributed by atoms with E-state index in [9.17, 15) is 9.59 Å². The van der Waals surface area contributed by atoms with E-state index in [-0.39, 0.29) is 23.4 Å². The third kappa shape index (κ3) is 4.53. The van der Waals surface area contributed by atoms with Crippen LogP contribution in [0.3, 0.4) is 0 Å². The first-order valence-corrected chi connectivity index (χ1v) is 10.9. The highest BCUT2D eigenvalue weighted by Crippen LogP contribution is 2.36. The number of benzene rings is 2. The van der Waals surface area contributed by atoms with Crippen LogP contribution < -0.4 is 10.9 Å². The molecule has 0 aliphatic heterocycles. The van der Waals surface area contributed by atoms with Crippen molar-refractivity contribution >= 4 is 28.6 Å². The molecule has 0 saturated heterocycles. The largest absolute Gasteiger partial charge is 0.352 e. The standard InChI is InChI=1S/C23H25N3O2S/c1-15(2)14-26-22(28)18-10-6-7-11-19(18)25-23(26)29-20(16-8-4-3-5-9-16)21(27)24-17-12-13-17/h3-11,15,17,20H,12-14H2,1-2H3,(H,24,27)/t20-/m1/s1. The predicted octanol–water partition coefficient (Wildman–Crippen LogP) is 4.16. The van der Waals surface area contributed by atoms with Crippen LogP contribution in [0, 0.1) is 5.92 Å². The second kappa shape index (κ2) is 8.41. The molecule has 3 aromatic rings. The molecule has 0 radical (unpaired) electrons. The van der Waals surface area contributed by atoms with Crippen molar-refractivity contribution in [1.82, 2.24) is 14.9 Å². The zero-order chi connectivity index (χ0) is 20.4. The van der Waals surface area contributed by atoms with Crippen LogP contribution in [0.25, 0.3) is 10.9 Å². The third-order valence-corrected chi connectivity index (χ3v) is 6.11. The molecule has 1 amide bonds. The van der Waals surface area contributed by atoms with E-state index in [1.165, 1.54) is 11.8 Å². The van der Waals surface area contributed by atoms with Gasteiger partial charge in [0.25, 0.3) is 5.56 Å². The van der Waals surface area contributed by atoms with E-state index in [0.29, 0.717) is 22.6 Å². The van der Waals surface area contributed by atoms with Crippen LogP contribution in [-0.4, -0.2) is 21.5 Å². The van der Waals surface area contributed by atoms with E-state index in [2.05, 4.69) is 19.2 Å². The van der Waals surface area contributed by atoms with Crippen LogP contribution in [0.2, 0.25) is 0 Å². The van der Waals surface area contributed by atoms with Gasteiger partial charge in [0.1, 0.15) is 5.25 Å². The Balaban J connectivity index is 1.78. The van der Waals surface area contributed by atoms with E-state index in [4.69, 9.17) is 4.98 Å². The van der Waals surface area contributed by atoms with Gasteiger partial charge in [-0.25, -0.2) is 4.98 Å². The van der Waals surface area contributed by atoms with E-state index in [1.807, 2.05) is 54.6 Å². The molecule has 1 fully saturated rings. The lowest BCUT2D eigenvalue weighted by Gasteiger charge is -2.20. The average Bonchev–Trinajstić information content (AvgIpc) is 3.53. The van der Waals surface area contributed by atoms with Gasteiger partial charge in [-0.3, -0.25) is 14.2 Å². The van der Waals surface area contributed by atoms with Crippen LogP contribution in [0.4, 0.5) is 0 Å². The molecule has 29 heavy (non-hydrogen) atoms. The number of nitrogens with zero attached hydrogens (tertiary/aromatic N) is 2. The Hall–Kier alpha value is -2.60. The highest BCUT2D eigenvalue weighted by Gasteiger charge is 2.30. The molecule has 0 unspecified atom stereocenters. The fourth-order valence-corrected chi connectivity index (χ4v) is 4.39. The van der Waals surface area contributed by atoms with Crippen LogP contribution >= 0.6 is 11.8 Å². The van der Waals surface area contributed by atoms with Crippen molar-refractivity contribution in [3.63, 3.8) is 0 Å². The van der Waals surface area contributed by atoms with Crippen molar-refractivity contribution in [2.24, 2.45) is 5.92 Å². The molecular formula is C23H25N3O2S. The predicted molar refractivity (Wildman–Crippen MR) is 117 cm³/mol. The summed E-state index contributed by atoms with van der Waals surface area (Å²) >= 11 is 1.36. The minimum absolute atomic E-state index is 0.0257. The summed E-state index contributed by atoms with van der Waals surface area (Å²) in [6.07, 6.45) is 2.06. The van der Waals surface area contributed by atoms with Gasteiger partial charge in [-0.05, 0) is 36.5 Å². The number of aromatic nitrogens is 2. The summed E-state index contributed by atoms with van der Waals surface area (Å²) in [5.74, 6) is 0.257. The first-order valence-electron chi connectivity index (χ1n) is 10.0. The van der Waals surface area contributed by atoms with Gasteiger partial charge in [0.05, 0.1) is 10.9 Å². The lowest BCUT2D eigenvalue weighted by atomic mass is 10.1. The number of para-hydroxylation sites is 1. The zero-order valence-electron chi connectivity index (χ0n) is 16.7. The van der Waals surface area contributed by atoms with Crippen molar-refractivity contribution in [2.45, 2.75) is 49.7 Å². The monoisotopic (exact) mass is 407 g/mol. The molecule has 0 bridgehead atoms. The number of hydrogen-bond acceptors (Lipinski definition) is 4. The number of carbonyl (C=O) groups excluding carboxylic acids is 1. The molecule has 6 heteroatoms. The van der Waals surface area contributed by atoms with Crippen molar-refractivity contribution in [3.8, 4) is 0 Å².